The van der Waals surface area contributed by atoms with Gasteiger partial charge >= 0.3 is 0 Å². The first-order valence-electron chi connectivity index (χ1n) is 11.0. The maximum atomic E-state index is 12.6. The van der Waals surface area contributed by atoms with E-state index in [0.29, 0.717) is 12.5 Å². The zero-order valence-electron chi connectivity index (χ0n) is 17.9. The molecule has 170 valence electrons. The summed E-state index contributed by atoms with van der Waals surface area (Å²) in [7, 11) is 0. The fraction of sp³-hybridized carbons (Fsp3) is 0.905. The maximum Gasteiger partial charge on any atom is 0.225 e. The zero-order chi connectivity index (χ0) is 19.3. The topological polar surface area (TPSA) is 78.7 Å². The highest BCUT2D eigenvalue weighted by Crippen LogP contribution is 2.31. The largest absolute Gasteiger partial charge is 0.355 e. The molecule has 3 aliphatic rings. The van der Waals surface area contributed by atoms with E-state index < -0.39 is 0 Å². The van der Waals surface area contributed by atoms with Crippen LogP contribution in [0.4, 0.5) is 0 Å². The first-order valence-corrected chi connectivity index (χ1v) is 11.0. The van der Waals surface area contributed by atoms with Crippen LogP contribution in [-0.2, 0) is 9.59 Å². The first-order chi connectivity index (χ1) is 13.0. The highest BCUT2D eigenvalue weighted by molar-refractivity contribution is 5.85. The lowest BCUT2D eigenvalue weighted by Crippen LogP contribution is -2.54. The predicted molar refractivity (Wildman–Crippen MR) is 122 cm³/mol. The van der Waals surface area contributed by atoms with E-state index in [-0.39, 0.29) is 48.1 Å². The third-order valence-corrected chi connectivity index (χ3v) is 6.94. The third-order valence-electron chi connectivity index (χ3n) is 6.94. The molecule has 6 nitrogen and oxygen atoms in total. The molecular formula is C21H40Cl2N4O2. The van der Waals surface area contributed by atoms with Crippen molar-refractivity contribution in [1.82, 2.24) is 15.1 Å². The number of carbonyl (C=O) groups is 2. The van der Waals surface area contributed by atoms with E-state index in [4.69, 9.17) is 5.73 Å². The van der Waals surface area contributed by atoms with Gasteiger partial charge in [-0.2, -0.15) is 0 Å². The molecule has 0 spiro atoms. The van der Waals surface area contributed by atoms with Gasteiger partial charge in [0.2, 0.25) is 11.8 Å². The van der Waals surface area contributed by atoms with Crippen molar-refractivity contribution >= 4 is 36.6 Å². The summed E-state index contributed by atoms with van der Waals surface area (Å²) in [5, 5.41) is 3.10. The molecule has 29 heavy (non-hydrogen) atoms. The van der Waals surface area contributed by atoms with E-state index >= 15 is 0 Å². The molecule has 2 aliphatic carbocycles. The van der Waals surface area contributed by atoms with Crippen molar-refractivity contribution in [2.24, 2.45) is 17.6 Å². The average molecular weight is 451 g/mol. The molecule has 2 unspecified atom stereocenters. The number of nitrogens with zero attached hydrogens (tertiary/aromatic N) is 2. The zero-order valence-corrected chi connectivity index (χ0v) is 19.5. The number of amides is 2. The Morgan fingerprint density at radius 3 is 2.21 bits per heavy atom. The Balaban J connectivity index is 0.00000210. The van der Waals surface area contributed by atoms with Gasteiger partial charge in [-0.3, -0.25) is 14.5 Å². The Bertz CT molecular complexity index is 519. The minimum atomic E-state index is -0.368. The van der Waals surface area contributed by atoms with Gasteiger partial charge in [0, 0.05) is 50.7 Å². The number of halogens is 2. The molecule has 0 aromatic rings. The molecule has 2 saturated carbocycles. The van der Waals surface area contributed by atoms with E-state index in [1.54, 1.807) is 0 Å². The summed E-state index contributed by atoms with van der Waals surface area (Å²) in [6, 6.07) is 0. The summed E-state index contributed by atoms with van der Waals surface area (Å²) in [4.78, 5) is 29.6. The molecule has 0 radical (unpaired) electrons. The minimum absolute atomic E-state index is 0. The summed E-state index contributed by atoms with van der Waals surface area (Å²) in [5.74, 6) is 0.704. The van der Waals surface area contributed by atoms with Crippen LogP contribution in [0.2, 0.25) is 0 Å². The van der Waals surface area contributed by atoms with E-state index in [2.05, 4.69) is 15.1 Å². The molecule has 3 N–H and O–H groups in total. The Morgan fingerprint density at radius 2 is 1.59 bits per heavy atom. The summed E-state index contributed by atoms with van der Waals surface area (Å²) in [6.45, 7) is 7.00. The van der Waals surface area contributed by atoms with Crippen LogP contribution in [0.5, 0.6) is 0 Å². The van der Waals surface area contributed by atoms with E-state index in [9.17, 15) is 9.59 Å². The van der Waals surface area contributed by atoms with Gasteiger partial charge in [-0.1, -0.05) is 32.1 Å². The molecule has 1 aliphatic heterocycles. The van der Waals surface area contributed by atoms with Crippen LogP contribution in [0.15, 0.2) is 0 Å². The number of carbonyl (C=O) groups excluding carboxylic acids is 2. The average Bonchev–Trinajstić information content (AvgIpc) is 2.68. The van der Waals surface area contributed by atoms with Crippen molar-refractivity contribution in [1.29, 1.82) is 0 Å². The second kappa shape index (κ2) is 12.3. The van der Waals surface area contributed by atoms with Crippen LogP contribution in [0.1, 0.15) is 64.7 Å². The normalized spacial score (nSPS) is 28.8. The molecular weight excluding hydrogens is 411 g/mol. The molecule has 1 saturated heterocycles. The SMILES string of the molecule is CC1(N)CCCCC1C(=O)NCCN1CCN(C(=O)C2CCCCC2)CC1.Cl.Cl. The Kier molecular flexibility index (Phi) is 11.3. The smallest absolute Gasteiger partial charge is 0.225 e. The molecule has 0 aromatic heterocycles. The fourth-order valence-electron chi connectivity index (χ4n) is 5.05. The van der Waals surface area contributed by atoms with Crippen LogP contribution < -0.4 is 11.1 Å². The number of rotatable bonds is 5. The minimum Gasteiger partial charge on any atom is -0.355 e. The summed E-state index contributed by atoms with van der Waals surface area (Å²) >= 11 is 0. The van der Waals surface area contributed by atoms with Crippen molar-refractivity contribution in [3.8, 4) is 0 Å². The van der Waals surface area contributed by atoms with Crippen LogP contribution in [-0.4, -0.2) is 66.4 Å². The van der Waals surface area contributed by atoms with Gasteiger partial charge in [-0.25, -0.2) is 0 Å². The first kappa shape index (κ1) is 26.5. The Labute approximate surface area is 188 Å². The van der Waals surface area contributed by atoms with Gasteiger partial charge in [0.1, 0.15) is 0 Å². The molecule has 3 fully saturated rings. The van der Waals surface area contributed by atoms with E-state index in [0.717, 1.165) is 71.2 Å². The Morgan fingerprint density at radius 1 is 0.966 bits per heavy atom. The van der Waals surface area contributed by atoms with Crippen molar-refractivity contribution in [3.05, 3.63) is 0 Å². The number of nitrogens with one attached hydrogen (secondary N) is 1. The summed E-state index contributed by atoms with van der Waals surface area (Å²) in [5.41, 5.74) is 5.97. The highest BCUT2D eigenvalue weighted by atomic mass is 35.5. The summed E-state index contributed by atoms with van der Waals surface area (Å²) in [6.07, 6.45) is 9.91. The van der Waals surface area contributed by atoms with Gasteiger partial charge in [0.05, 0.1) is 5.92 Å². The van der Waals surface area contributed by atoms with Crippen LogP contribution in [0.3, 0.4) is 0 Å². The van der Waals surface area contributed by atoms with E-state index in [1.807, 2.05) is 6.92 Å². The fourth-order valence-corrected chi connectivity index (χ4v) is 5.05. The van der Waals surface area contributed by atoms with Crippen molar-refractivity contribution in [2.45, 2.75) is 70.3 Å². The van der Waals surface area contributed by atoms with Crippen molar-refractivity contribution in [3.63, 3.8) is 0 Å². The number of piperazine rings is 1. The maximum absolute atomic E-state index is 12.6. The van der Waals surface area contributed by atoms with Gasteiger partial charge in [-0.15, -0.1) is 24.8 Å². The highest BCUT2D eigenvalue weighted by Gasteiger charge is 2.37. The third kappa shape index (κ3) is 7.27. The molecule has 1 heterocycles. The standard InChI is InChI=1S/C21H38N4O2.2ClH/c1-21(22)10-6-5-9-18(21)19(26)23-11-12-24-13-15-25(16-14-24)20(27)17-7-3-2-4-8-17;;/h17-18H,2-16,22H2,1H3,(H,23,26);2*1H. The van der Waals surface area contributed by atoms with Crippen molar-refractivity contribution in [2.75, 3.05) is 39.3 Å². The lowest BCUT2D eigenvalue weighted by Gasteiger charge is -2.38. The van der Waals surface area contributed by atoms with Crippen LogP contribution >= 0.6 is 24.8 Å². The monoisotopic (exact) mass is 450 g/mol. The molecule has 2 amide bonds. The lowest BCUT2D eigenvalue weighted by atomic mass is 9.74. The quantitative estimate of drug-likeness (QED) is 0.674. The van der Waals surface area contributed by atoms with Crippen molar-refractivity contribution < 1.29 is 9.59 Å². The van der Waals surface area contributed by atoms with Gasteiger partial charge < -0.3 is 16.0 Å². The number of hydrogen-bond acceptors (Lipinski definition) is 4. The number of nitrogens with two attached hydrogens (primary N) is 1. The molecule has 8 heteroatoms. The van der Waals surface area contributed by atoms with Crippen LogP contribution in [0, 0.1) is 11.8 Å². The molecule has 0 bridgehead atoms. The van der Waals surface area contributed by atoms with Gasteiger partial charge in [0.15, 0.2) is 0 Å². The second-order valence-electron chi connectivity index (χ2n) is 9.10. The van der Waals surface area contributed by atoms with Gasteiger partial charge in [0.25, 0.3) is 0 Å². The van der Waals surface area contributed by atoms with Crippen LogP contribution in [0.25, 0.3) is 0 Å². The number of hydrogen-bond donors (Lipinski definition) is 2. The molecule has 3 rings (SSSR count). The molecule has 2 atom stereocenters. The van der Waals surface area contributed by atoms with Gasteiger partial charge in [-0.05, 0) is 32.6 Å². The second-order valence-corrected chi connectivity index (χ2v) is 9.10. The lowest BCUT2D eigenvalue weighted by molar-refractivity contribution is -0.138. The predicted octanol–water partition coefficient (Wildman–Crippen LogP) is 2.58. The van der Waals surface area contributed by atoms with E-state index in [1.165, 1.54) is 19.3 Å². The Hall–Kier alpha value is -0.560. The molecule has 0 aromatic carbocycles. The summed E-state index contributed by atoms with van der Waals surface area (Å²) < 4.78 is 0.